The lowest BCUT2D eigenvalue weighted by molar-refractivity contribution is -0.116. The number of benzene rings is 6. The highest BCUT2D eigenvalue weighted by Crippen LogP contribution is 2.30. The molecule has 0 aliphatic rings. The number of nitriles is 1. The first-order chi connectivity index (χ1) is 42.7. The number of aryl methyl sites for hydroxylation is 2. The molecule has 0 fully saturated rings. The van der Waals surface area contributed by atoms with E-state index in [1.54, 1.807) is 76.7 Å². The maximum Gasteiger partial charge on any atom is 0.263 e. The number of Topliss-reactive ketones (excluding diaryl/α,β-unsaturated/α-hetero) is 1. The summed E-state index contributed by atoms with van der Waals surface area (Å²) in [5.74, 6) is 6.25. The third-order valence-corrected chi connectivity index (χ3v) is 16.3. The van der Waals surface area contributed by atoms with Crippen LogP contribution in [0.25, 0.3) is 54.5 Å². The van der Waals surface area contributed by atoms with Gasteiger partial charge in [0.25, 0.3) is 19.1 Å². The van der Waals surface area contributed by atoms with Crippen molar-refractivity contribution in [2.24, 2.45) is 5.84 Å². The highest BCUT2D eigenvalue weighted by atomic mass is 35.7. The Morgan fingerprint density at radius 3 is 1.37 bits per heavy atom. The smallest absolute Gasteiger partial charge is 0.263 e. The molecule has 6 heterocycles. The number of aromatic nitrogens is 8. The molecule has 6 aromatic heterocycles. The van der Waals surface area contributed by atoms with E-state index in [4.69, 9.17) is 33.3 Å². The number of anilines is 4. The number of ketones is 1. The fraction of sp³-hybridized carbons (Fsp3) is 0.176. The molecule has 0 bridgehead atoms. The number of rotatable bonds is 8. The number of hydrogen-bond acceptors (Lipinski definition) is 16. The summed E-state index contributed by atoms with van der Waals surface area (Å²) in [5.41, 5.74) is 21.2. The van der Waals surface area contributed by atoms with Crippen LogP contribution in [-0.2, 0) is 34.7 Å². The van der Waals surface area contributed by atoms with Crippen LogP contribution in [0.3, 0.4) is 0 Å². The van der Waals surface area contributed by atoms with Crippen LogP contribution in [0.15, 0.2) is 217 Å². The minimum Gasteiger partial charge on any atom is -0.397 e. The third kappa shape index (κ3) is 18.0. The minimum atomic E-state index is -3.78. The molecule has 0 atom stereocenters. The largest absolute Gasteiger partial charge is 0.397 e. The molecular formula is C68H71ClN14O5S2. The molecule has 12 aromatic rings. The molecule has 22 heteroatoms. The van der Waals surface area contributed by atoms with Crippen molar-refractivity contribution in [1.29, 1.82) is 5.26 Å². The number of nitrogens with zero attached hydrogens (tertiary/aromatic N) is 9. The van der Waals surface area contributed by atoms with E-state index in [1.807, 2.05) is 148 Å². The van der Waals surface area contributed by atoms with Gasteiger partial charge in [-0.15, -0.1) is 0 Å². The Labute approximate surface area is 529 Å². The molecule has 90 heavy (non-hydrogen) atoms. The van der Waals surface area contributed by atoms with Crippen molar-refractivity contribution < 1.29 is 21.6 Å². The lowest BCUT2D eigenvalue weighted by atomic mass is 9.87. The minimum absolute atomic E-state index is 0.0224. The van der Waals surface area contributed by atoms with Gasteiger partial charge in [0.1, 0.15) is 17.4 Å². The van der Waals surface area contributed by atoms with Crippen LogP contribution in [0.2, 0.25) is 0 Å². The first-order valence-electron chi connectivity index (χ1n) is 28.2. The number of pyridine rings is 4. The first kappa shape index (κ1) is 67.4. The number of fused-ring (bicyclic) bond motifs is 4. The van der Waals surface area contributed by atoms with Crippen LogP contribution in [0.4, 0.5) is 23.0 Å². The first-order valence-corrected chi connectivity index (χ1v) is 32.0. The molecule has 0 aliphatic heterocycles. The fourth-order valence-corrected chi connectivity index (χ4v) is 10.7. The van der Waals surface area contributed by atoms with E-state index in [9.17, 15) is 21.6 Å². The number of nitrogens with two attached hydrogens (primary N) is 3. The third-order valence-electron chi connectivity index (χ3n) is 13.6. The number of hydrogen-bond donors (Lipinski definition) is 5. The summed E-state index contributed by atoms with van der Waals surface area (Å²) >= 11 is 0. The zero-order valence-electron chi connectivity index (χ0n) is 51.3. The fourth-order valence-electron chi connectivity index (χ4n) is 8.94. The van der Waals surface area contributed by atoms with Crippen LogP contribution in [0, 0.1) is 25.2 Å². The molecule has 0 saturated heterocycles. The van der Waals surface area contributed by atoms with Gasteiger partial charge in [-0.1, -0.05) is 163 Å². The van der Waals surface area contributed by atoms with E-state index in [0.717, 1.165) is 77.0 Å². The van der Waals surface area contributed by atoms with Gasteiger partial charge in [0.05, 0.1) is 81.2 Å². The van der Waals surface area contributed by atoms with Crippen molar-refractivity contribution in [3.8, 4) is 17.4 Å². The van der Waals surface area contributed by atoms with Crippen LogP contribution in [0.5, 0.6) is 0 Å². The van der Waals surface area contributed by atoms with E-state index in [0.29, 0.717) is 23.0 Å². The van der Waals surface area contributed by atoms with Crippen molar-refractivity contribution in [3.05, 3.63) is 230 Å². The second-order valence-corrected chi connectivity index (χ2v) is 26.8. The van der Waals surface area contributed by atoms with Crippen molar-refractivity contribution in [2.45, 2.75) is 89.4 Å². The molecule has 462 valence electrons. The van der Waals surface area contributed by atoms with E-state index in [1.165, 1.54) is 19.1 Å². The molecule has 0 saturated carbocycles. The van der Waals surface area contributed by atoms with Gasteiger partial charge in [-0.3, -0.25) is 35.3 Å². The quantitative estimate of drug-likeness (QED) is 0.0536. The second kappa shape index (κ2) is 29.7. The monoisotopic (exact) mass is 1260 g/mol. The van der Waals surface area contributed by atoms with Gasteiger partial charge in [-0.05, 0) is 67.0 Å². The van der Waals surface area contributed by atoms with Crippen LogP contribution < -0.4 is 27.5 Å². The SMILES string of the molecule is CC(=O)CC#N.CC(C)(C)c1ccc(S(=O)(=O)Cl)cc1.Cc1cc(N)n(-c2cncc3ccccc23)n1.Cc1cc(NS(=O)(=O)c2ccc(C(C)(C)C)cc2)n(-c2cncc3ccccc23)n1.NNc1cncc2ccccc12.Nc1cncc2ccccc12. The number of hydrazine groups is 1. The van der Waals surface area contributed by atoms with Gasteiger partial charge in [-0.25, -0.2) is 26.2 Å². The number of carbonyl (C=O) groups is 1. The predicted octanol–water partition coefficient (Wildman–Crippen LogP) is 13.9. The summed E-state index contributed by atoms with van der Waals surface area (Å²) in [5, 5.41) is 25.1. The summed E-state index contributed by atoms with van der Waals surface area (Å²) in [7, 11) is -2.17. The van der Waals surface area contributed by atoms with E-state index in [2.05, 4.69) is 81.8 Å². The standard InChI is InChI=1S/C23H24N4O2S.C13H12N4.C10H13ClO2S.C9H9N3.C9H8N2.C4H5NO/c1-16-13-22(26-30(28,29)19-11-9-18(10-12-19)23(2,3)4)27(25-16)21-15-24-14-17-7-5-6-8-20(17)21;1-9-6-13(14)17(16-9)12-8-15-7-10-4-2-3-5-11(10)12;1-10(2,3)8-4-6-9(7-5-8)14(11,12)13;10-12-9-6-11-5-7-3-1-2-4-8(7)9;10-9-6-11-5-7-3-1-2-4-8(7)9;1-4(6)2-3-5/h5-15,26H,1-4H3;2-8H,14H2,1H3;4-7H,1-3H3;1-6,12H,10H2;1-6H,10H2;2H2,1H3. The van der Waals surface area contributed by atoms with Gasteiger partial charge in [0.15, 0.2) is 0 Å². The van der Waals surface area contributed by atoms with E-state index >= 15 is 0 Å². The van der Waals surface area contributed by atoms with Gasteiger partial charge in [0.2, 0.25) is 0 Å². The highest BCUT2D eigenvalue weighted by molar-refractivity contribution is 8.13. The van der Waals surface area contributed by atoms with Crippen molar-refractivity contribution >= 4 is 102 Å². The maximum atomic E-state index is 13.1. The van der Waals surface area contributed by atoms with E-state index < -0.39 is 19.1 Å². The zero-order chi connectivity index (χ0) is 65.4. The number of nitrogen functional groups attached to an aromatic ring is 3. The lowest BCUT2D eigenvalue weighted by Gasteiger charge is -2.19. The summed E-state index contributed by atoms with van der Waals surface area (Å²) in [4.78, 5) is 26.7. The van der Waals surface area contributed by atoms with Crippen molar-refractivity contribution in [1.82, 2.24) is 39.5 Å². The molecule has 12 rings (SSSR count). The Morgan fingerprint density at radius 2 is 0.944 bits per heavy atom. The van der Waals surface area contributed by atoms with Gasteiger partial charge in [-0.2, -0.15) is 15.5 Å². The predicted molar refractivity (Wildman–Crippen MR) is 362 cm³/mol. The number of carbonyl (C=O) groups excluding carboxylic acids is 1. The molecule has 8 N–H and O–H groups in total. The Bertz CT molecular complexity index is 4690. The van der Waals surface area contributed by atoms with Crippen LogP contribution in [-0.4, -0.2) is 62.1 Å². The zero-order valence-corrected chi connectivity index (χ0v) is 53.7. The average molecular weight is 1260 g/mol. The maximum absolute atomic E-state index is 13.1. The Morgan fingerprint density at radius 1 is 0.544 bits per heavy atom. The Hall–Kier alpha value is -10.1. The number of nitrogens with one attached hydrogen (secondary N) is 2. The number of halogens is 1. The molecule has 0 spiro atoms. The van der Waals surface area contributed by atoms with E-state index in [-0.39, 0.29) is 32.8 Å². The lowest BCUT2D eigenvalue weighted by Crippen LogP contribution is -2.17. The van der Waals surface area contributed by atoms with Gasteiger partial charge < -0.3 is 16.9 Å². The van der Waals surface area contributed by atoms with Gasteiger partial charge >= 0.3 is 0 Å². The van der Waals surface area contributed by atoms with Gasteiger partial charge in [0, 0.05) is 90.7 Å². The van der Waals surface area contributed by atoms with Crippen molar-refractivity contribution in [2.75, 3.05) is 21.6 Å². The number of sulfonamides is 1. The summed E-state index contributed by atoms with van der Waals surface area (Å²) < 4.78 is 54.0. The highest BCUT2D eigenvalue weighted by Gasteiger charge is 2.22. The molecular weight excluding hydrogens is 1190 g/mol. The molecule has 0 aliphatic carbocycles. The average Bonchev–Trinajstić information content (AvgIpc) is 1.75. The summed E-state index contributed by atoms with van der Waals surface area (Å²) in [6.45, 7) is 17.6. The molecule has 0 amide bonds. The normalized spacial score (nSPS) is 11.2. The summed E-state index contributed by atoms with van der Waals surface area (Å²) in [6.07, 6.45) is 14.1. The topological polar surface area (TPSA) is 298 Å². The Balaban J connectivity index is 0.000000165. The Kier molecular flexibility index (Phi) is 22.3. The summed E-state index contributed by atoms with van der Waals surface area (Å²) in [6, 6.07) is 50.6. The van der Waals surface area contributed by atoms with Crippen LogP contribution >= 0.6 is 10.7 Å². The molecule has 6 aromatic carbocycles. The second-order valence-electron chi connectivity index (χ2n) is 22.6. The van der Waals surface area contributed by atoms with Crippen molar-refractivity contribution in [3.63, 3.8) is 0 Å². The molecule has 19 nitrogen and oxygen atoms in total. The molecule has 0 unspecified atom stereocenters. The molecule has 0 radical (unpaired) electrons. The van der Waals surface area contributed by atoms with Crippen LogP contribution in [0.1, 0.15) is 77.4 Å².